The zero-order valence-corrected chi connectivity index (χ0v) is 9.39. The second-order valence-electron chi connectivity index (χ2n) is 5.18. The minimum Gasteiger partial charge on any atom is -0.316 e. The molecule has 0 amide bonds. The van der Waals surface area contributed by atoms with E-state index in [0.717, 1.165) is 17.8 Å². The maximum absolute atomic E-state index is 3.60. The van der Waals surface area contributed by atoms with Crippen LogP contribution in [-0.2, 0) is 0 Å². The summed E-state index contributed by atoms with van der Waals surface area (Å²) in [5, 5.41) is 7.07. The molecule has 1 aliphatic carbocycles. The minimum atomic E-state index is 0.938. The molecule has 0 aromatic heterocycles. The highest BCUT2D eigenvalue weighted by Crippen LogP contribution is 2.36. The third-order valence-electron chi connectivity index (χ3n) is 3.81. The lowest BCUT2D eigenvalue weighted by Gasteiger charge is -2.22. The SMILES string of the molecule is CC1CC1CNCCC1CCCNC1. The van der Waals surface area contributed by atoms with E-state index in [4.69, 9.17) is 0 Å². The molecule has 2 rings (SSSR count). The summed E-state index contributed by atoms with van der Waals surface area (Å²) in [6, 6.07) is 0. The number of nitrogens with one attached hydrogen (secondary N) is 2. The van der Waals surface area contributed by atoms with Crippen LogP contribution in [0.15, 0.2) is 0 Å². The van der Waals surface area contributed by atoms with Gasteiger partial charge in [0.25, 0.3) is 0 Å². The van der Waals surface area contributed by atoms with Crippen LogP contribution in [0, 0.1) is 17.8 Å². The van der Waals surface area contributed by atoms with E-state index >= 15 is 0 Å². The fourth-order valence-electron chi connectivity index (χ4n) is 2.45. The molecule has 0 spiro atoms. The first-order valence-electron chi connectivity index (χ1n) is 6.27. The second kappa shape index (κ2) is 5.13. The van der Waals surface area contributed by atoms with Crippen LogP contribution in [0.3, 0.4) is 0 Å². The van der Waals surface area contributed by atoms with Crippen molar-refractivity contribution in [2.24, 2.45) is 17.8 Å². The monoisotopic (exact) mass is 196 g/mol. The molecule has 1 heterocycles. The molecule has 0 aromatic rings. The molecule has 0 bridgehead atoms. The van der Waals surface area contributed by atoms with Gasteiger partial charge in [0.05, 0.1) is 0 Å². The molecule has 14 heavy (non-hydrogen) atoms. The number of piperidine rings is 1. The van der Waals surface area contributed by atoms with Crippen molar-refractivity contribution in [3.8, 4) is 0 Å². The van der Waals surface area contributed by atoms with Crippen molar-refractivity contribution in [1.82, 2.24) is 10.6 Å². The Bertz CT molecular complexity index is 164. The molecule has 2 fully saturated rings. The summed E-state index contributed by atoms with van der Waals surface area (Å²) in [7, 11) is 0. The largest absolute Gasteiger partial charge is 0.316 e. The number of hydrogen-bond donors (Lipinski definition) is 2. The molecule has 82 valence electrons. The predicted molar refractivity (Wildman–Crippen MR) is 60.4 cm³/mol. The first kappa shape index (κ1) is 10.4. The molecule has 2 heteroatoms. The van der Waals surface area contributed by atoms with Gasteiger partial charge in [0.15, 0.2) is 0 Å². The average molecular weight is 196 g/mol. The van der Waals surface area contributed by atoms with E-state index in [1.54, 1.807) is 0 Å². The van der Waals surface area contributed by atoms with E-state index in [0.29, 0.717) is 0 Å². The summed E-state index contributed by atoms with van der Waals surface area (Å²) in [5.41, 5.74) is 0. The molecule has 3 atom stereocenters. The van der Waals surface area contributed by atoms with E-state index in [-0.39, 0.29) is 0 Å². The second-order valence-corrected chi connectivity index (χ2v) is 5.18. The Morgan fingerprint density at radius 3 is 2.93 bits per heavy atom. The molecule has 1 saturated heterocycles. The lowest BCUT2D eigenvalue weighted by molar-refractivity contribution is 0.351. The number of rotatable bonds is 5. The fraction of sp³-hybridized carbons (Fsp3) is 1.00. The molecular weight excluding hydrogens is 172 g/mol. The summed E-state index contributed by atoms with van der Waals surface area (Å²) < 4.78 is 0. The Labute approximate surface area is 87.8 Å². The zero-order valence-electron chi connectivity index (χ0n) is 9.39. The van der Waals surface area contributed by atoms with Gasteiger partial charge in [0.1, 0.15) is 0 Å². The van der Waals surface area contributed by atoms with Crippen LogP contribution in [0.1, 0.15) is 32.6 Å². The molecule has 3 unspecified atom stereocenters. The molecule has 2 nitrogen and oxygen atoms in total. The summed E-state index contributed by atoms with van der Waals surface area (Å²) in [4.78, 5) is 0. The Morgan fingerprint density at radius 2 is 2.29 bits per heavy atom. The Kier molecular flexibility index (Phi) is 3.82. The van der Waals surface area contributed by atoms with Crippen molar-refractivity contribution in [3.63, 3.8) is 0 Å². The minimum absolute atomic E-state index is 0.938. The van der Waals surface area contributed by atoms with Crippen LogP contribution in [0.5, 0.6) is 0 Å². The maximum atomic E-state index is 3.60. The van der Waals surface area contributed by atoms with E-state index in [2.05, 4.69) is 17.6 Å². The van der Waals surface area contributed by atoms with Crippen molar-refractivity contribution in [2.45, 2.75) is 32.6 Å². The maximum Gasteiger partial charge on any atom is -0.00179 e. The van der Waals surface area contributed by atoms with Gasteiger partial charge in [0.2, 0.25) is 0 Å². The van der Waals surface area contributed by atoms with Crippen molar-refractivity contribution < 1.29 is 0 Å². The fourth-order valence-corrected chi connectivity index (χ4v) is 2.45. The molecule has 0 aromatic carbocycles. The van der Waals surface area contributed by atoms with Crippen molar-refractivity contribution >= 4 is 0 Å². The first-order chi connectivity index (χ1) is 6.86. The van der Waals surface area contributed by atoms with Crippen LogP contribution < -0.4 is 10.6 Å². The quantitative estimate of drug-likeness (QED) is 0.653. The van der Waals surface area contributed by atoms with Gasteiger partial charge in [-0.25, -0.2) is 0 Å². The first-order valence-corrected chi connectivity index (χ1v) is 6.27. The van der Waals surface area contributed by atoms with Crippen molar-refractivity contribution in [2.75, 3.05) is 26.2 Å². The van der Waals surface area contributed by atoms with Gasteiger partial charge in [-0.3, -0.25) is 0 Å². The Balaban J connectivity index is 1.45. The molecular formula is C12H24N2. The lowest BCUT2D eigenvalue weighted by atomic mass is 9.96. The molecule has 1 saturated carbocycles. The van der Waals surface area contributed by atoms with Gasteiger partial charge in [-0.05, 0) is 69.6 Å². The van der Waals surface area contributed by atoms with Crippen LogP contribution in [0.4, 0.5) is 0 Å². The van der Waals surface area contributed by atoms with Crippen LogP contribution in [-0.4, -0.2) is 26.2 Å². The highest BCUT2D eigenvalue weighted by Gasteiger charge is 2.31. The summed E-state index contributed by atoms with van der Waals surface area (Å²) in [5.74, 6) is 2.94. The van der Waals surface area contributed by atoms with Gasteiger partial charge >= 0.3 is 0 Å². The smallest absolute Gasteiger partial charge is 0.00179 e. The molecule has 2 N–H and O–H groups in total. The van der Waals surface area contributed by atoms with Crippen molar-refractivity contribution in [1.29, 1.82) is 0 Å². The van der Waals surface area contributed by atoms with Gasteiger partial charge < -0.3 is 10.6 Å². The zero-order chi connectivity index (χ0) is 9.80. The average Bonchev–Trinajstić information content (AvgIpc) is 2.91. The highest BCUT2D eigenvalue weighted by molar-refractivity contribution is 4.84. The van der Waals surface area contributed by atoms with E-state index in [1.807, 2.05) is 0 Å². The summed E-state index contributed by atoms with van der Waals surface area (Å²) >= 11 is 0. The van der Waals surface area contributed by atoms with Gasteiger partial charge in [0, 0.05) is 0 Å². The third-order valence-corrected chi connectivity index (χ3v) is 3.81. The predicted octanol–water partition coefficient (Wildman–Crippen LogP) is 1.62. The van der Waals surface area contributed by atoms with Gasteiger partial charge in [-0.2, -0.15) is 0 Å². The Morgan fingerprint density at radius 1 is 1.43 bits per heavy atom. The normalized spacial score (nSPS) is 37.1. The molecule has 0 radical (unpaired) electrons. The van der Waals surface area contributed by atoms with Crippen LogP contribution in [0.25, 0.3) is 0 Å². The van der Waals surface area contributed by atoms with Crippen molar-refractivity contribution in [3.05, 3.63) is 0 Å². The molecule has 2 aliphatic rings. The molecule has 1 aliphatic heterocycles. The van der Waals surface area contributed by atoms with Gasteiger partial charge in [-0.15, -0.1) is 0 Å². The summed E-state index contributed by atoms with van der Waals surface area (Å²) in [6.07, 6.45) is 5.64. The number of hydrogen-bond acceptors (Lipinski definition) is 2. The van der Waals surface area contributed by atoms with E-state index in [1.165, 1.54) is 51.9 Å². The van der Waals surface area contributed by atoms with Gasteiger partial charge in [-0.1, -0.05) is 6.92 Å². The third kappa shape index (κ3) is 3.25. The standard InChI is InChI=1S/C12H24N2/c1-10-7-12(10)9-14-6-4-11-3-2-5-13-8-11/h10-14H,2-9H2,1H3. The Hall–Kier alpha value is -0.0800. The van der Waals surface area contributed by atoms with E-state index in [9.17, 15) is 0 Å². The summed E-state index contributed by atoms with van der Waals surface area (Å²) in [6.45, 7) is 7.35. The van der Waals surface area contributed by atoms with Crippen LogP contribution in [0.2, 0.25) is 0 Å². The van der Waals surface area contributed by atoms with E-state index < -0.39 is 0 Å². The lowest BCUT2D eigenvalue weighted by Crippen LogP contribution is -2.32. The highest BCUT2D eigenvalue weighted by atomic mass is 14.9. The van der Waals surface area contributed by atoms with Crippen LogP contribution >= 0.6 is 0 Å². The topological polar surface area (TPSA) is 24.1 Å².